The van der Waals surface area contributed by atoms with E-state index in [1.54, 1.807) is 0 Å². The van der Waals surface area contributed by atoms with Crippen LogP contribution in [0.1, 0.15) is 75.2 Å². The summed E-state index contributed by atoms with van der Waals surface area (Å²) in [5.74, 6) is 2.41. The monoisotopic (exact) mass is 226 g/mol. The largest absolute Gasteiger partial charge is 0.0649 e. The van der Waals surface area contributed by atoms with E-state index in [-0.39, 0.29) is 0 Å². The second kappa shape index (κ2) is 5.56. The van der Waals surface area contributed by atoms with Crippen LogP contribution in [0.3, 0.4) is 0 Å². The minimum absolute atomic E-state index is 0.440. The van der Waals surface area contributed by atoms with E-state index in [1.807, 2.05) is 0 Å². The van der Waals surface area contributed by atoms with Gasteiger partial charge in [0.2, 0.25) is 0 Å². The van der Waals surface area contributed by atoms with Crippen LogP contribution >= 0.6 is 0 Å². The highest BCUT2D eigenvalue weighted by Gasteiger charge is 2.36. The van der Waals surface area contributed by atoms with Gasteiger partial charge in [0.05, 0.1) is 0 Å². The lowest BCUT2D eigenvalue weighted by Crippen LogP contribution is -2.35. The molecule has 0 saturated carbocycles. The van der Waals surface area contributed by atoms with Crippen molar-refractivity contribution in [3.63, 3.8) is 0 Å². The first-order valence-corrected chi connectivity index (χ1v) is 7.03. The lowest BCUT2D eigenvalue weighted by Gasteiger charge is -2.43. The summed E-state index contributed by atoms with van der Waals surface area (Å²) in [6, 6.07) is 0. The topological polar surface area (TPSA) is 0 Å². The number of hydrogen-bond donors (Lipinski definition) is 0. The Morgan fingerprint density at radius 2 is 1.31 bits per heavy atom. The second-order valence-electron chi connectivity index (χ2n) is 7.64. The summed E-state index contributed by atoms with van der Waals surface area (Å²) in [6.45, 7) is 21.5. The average molecular weight is 226 g/mol. The SMILES string of the molecule is CCC(C)(CC(C)(C)C)C(C)C(C)C(C)C. The van der Waals surface area contributed by atoms with E-state index in [4.69, 9.17) is 0 Å². The zero-order valence-electron chi connectivity index (χ0n) is 13.1. The predicted molar refractivity (Wildman–Crippen MR) is 75.6 cm³/mol. The molecule has 0 amide bonds. The lowest BCUT2D eigenvalue weighted by molar-refractivity contribution is 0.0630. The van der Waals surface area contributed by atoms with Crippen LogP contribution in [-0.2, 0) is 0 Å². The molecule has 0 aliphatic heterocycles. The predicted octanol–water partition coefficient (Wildman–Crippen LogP) is 5.77. The molecule has 0 aromatic carbocycles. The first kappa shape index (κ1) is 16.0. The van der Waals surface area contributed by atoms with Crippen molar-refractivity contribution in [1.82, 2.24) is 0 Å². The maximum atomic E-state index is 2.49. The van der Waals surface area contributed by atoms with Gasteiger partial charge >= 0.3 is 0 Å². The van der Waals surface area contributed by atoms with Crippen LogP contribution in [0.25, 0.3) is 0 Å². The van der Waals surface area contributed by atoms with Crippen LogP contribution in [0.2, 0.25) is 0 Å². The molecular weight excluding hydrogens is 192 g/mol. The summed E-state index contributed by atoms with van der Waals surface area (Å²) < 4.78 is 0. The molecular formula is C16H34. The van der Waals surface area contributed by atoms with Gasteiger partial charge in [-0.05, 0) is 35.0 Å². The van der Waals surface area contributed by atoms with Gasteiger partial charge in [-0.3, -0.25) is 0 Å². The van der Waals surface area contributed by atoms with Crippen LogP contribution in [0.5, 0.6) is 0 Å². The summed E-state index contributed by atoms with van der Waals surface area (Å²) in [4.78, 5) is 0. The Kier molecular flexibility index (Phi) is 5.56. The molecule has 0 aliphatic carbocycles. The van der Waals surface area contributed by atoms with Gasteiger partial charge in [-0.2, -0.15) is 0 Å². The van der Waals surface area contributed by atoms with Gasteiger partial charge in [0.25, 0.3) is 0 Å². The molecule has 0 aliphatic rings. The fourth-order valence-corrected chi connectivity index (χ4v) is 3.03. The highest BCUT2D eigenvalue weighted by atomic mass is 14.4. The first-order valence-electron chi connectivity index (χ1n) is 7.03. The van der Waals surface area contributed by atoms with E-state index in [1.165, 1.54) is 12.8 Å². The van der Waals surface area contributed by atoms with E-state index >= 15 is 0 Å². The quantitative estimate of drug-likeness (QED) is 0.558. The van der Waals surface area contributed by atoms with Crippen molar-refractivity contribution in [2.45, 2.75) is 75.2 Å². The van der Waals surface area contributed by atoms with Crippen LogP contribution < -0.4 is 0 Å². The highest BCUT2D eigenvalue weighted by molar-refractivity contribution is 4.86. The summed E-state index contributed by atoms with van der Waals surface area (Å²) in [7, 11) is 0. The van der Waals surface area contributed by atoms with Gasteiger partial charge in [-0.25, -0.2) is 0 Å². The molecule has 0 radical (unpaired) electrons. The van der Waals surface area contributed by atoms with Crippen LogP contribution in [0.4, 0.5) is 0 Å². The highest BCUT2D eigenvalue weighted by Crippen LogP contribution is 2.46. The molecule has 0 heteroatoms. The van der Waals surface area contributed by atoms with Crippen molar-refractivity contribution in [1.29, 1.82) is 0 Å². The molecule has 0 nitrogen and oxygen atoms in total. The molecule has 0 aromatic heterocycles. The summed E-state index contributed by atoms with van der Waals surface area (Å²) in [5, 5.41) is 0. The smallest absolute Gasteiger partial charge is 0.0295 e. The Morgan fingerprint density at radius 1 is 0.875 bits per heavy atom. The van der Waals surface area contributed by atoms with Crippen molar-refractivity contribution in [2.24, 2.45) is 28.6 Å². The van der Waals surface area contributed by atoms with E-state index in [2.05, 4.69) is 62.3 Å². The van der Waals surface area contributed by atoms with Crippen molar-refractivity contribution in [2.75, 3.05) is 0 Å². The third kappa shape index (κ3) is 4.47. The molecule has 0 heterocycles. The average Bonchev–Trinajstić information content (AvgIpc) is 2.12. The maximum Gasteiger partial charge on any atom is -0.0295 e. The summed E-state index contributed by atoms with van der Waals surface area (Å²) >= 11 is 0. The fraction of sp³-hybridized carbons (Fsp3) is 1.00. The van der Waals surface area contributed by atoms with Gasteiger partial charge < -0.3 is 0 Å². The van der Waals surface area contributed by atoms with Crippen molar-refractivity contribution < 1.29 is 0 Å². The van der Waals surface area contributed by atoms with E-state index in [9.17, 15) is 0 Å². The Balaban J connectivity index is 4.81. The molecule has 0 aromatic rings. The molecule has 0 N–H and O–H groups in total. The molecule has 0 rings (SSSR count). The maximum absolute atomic E-state index is 2.49. The molecule has 0 saturated heterocycles. The summed E-state index contributed by atoms with van der Waals surface area (Å²) in [5.41, 5.74) is 0.928. The molecule has 0 fully saturated rings. The fourth-order valence-electron chi connectivity index (χ4n) is 3.03. The van der Waals surface area contributed by atoms with Crippen LogP contribution in [-0.4, -0.2) is 0 Å². The number of hydrogen-bond acceptors (Lipinski definition) is 0. The van der Waals surface area contributed by atoms with Crippen LogP contribution in [0, 0.1) is 28.6 Å². The minimum atomic E-state index is 0.440. The van der Waals surface area contributed by atoms with Crippen LogP contribution in [0.15, 0.2) is 0 Å². The standard InChI is InChI=1S/C16H34/c1-10-16(9,11-15(6,7)8)14(5)13(4)12(2)3/h12-14H,10-11H2,1-9H3. The molecule has 0 bridgehead atoms. The van der Waals surface area contributed by atoms with Crippen molar-refractivity contribution in [3.8, 4) is 0 Å². The number of rotatable bonds is 5. The van der Waals surface area contributed by atoms with E-state index in [0.717, 1.165) is 17.8 Å². The van der Waals surface area contributed by atoms with E-state index < -0.39 is 0 Å². The third-order valence-corrected chi connectivity index (χ3v) is 4.68. The van der Waals surface area contributed by atoms with Gasteiger partial charge in [0.1, 0.15) is 0 Å². The molecule has 3 unspecified atom stereocenters. The van der Waals surface area contributed by atoms with Gasteiger partial charge in [-0.1, -0.05) is 68.7 Å². The normalized spacial score (nSPS) is 20.6. The van der Waals surface area contributed by atoms with Crippen molar-refractivity contribution in [3.05, 3.63) is 0 Å². The van der Waals surface area contributed by atoms with Gasteiger partial charge in [-0.15, -0.1) is 0 Å². The molecule has 0 spiro atoms. The Morgan fingerprint density at radius 3 is 1.56 bits per heavy atom. The Bertz CT molecular complexity index is 197. The Hall–Kier alpha value is 0. The van der Waals surface area contributed by atoms with Gasteiger partial charge in [0, 0.05) is 0 Å². The van der Waals surface area contributed by atoms with Crippen molar-refractivity contribution >= 4 is 0 Å². The molecule has 16 heavy (non-hydrogen) atoms. The molecule has 98 valence electrons. The first-order chi connectivity index (χ1) is 7.03. The second-order valence-corrected chi connectivity index (χ2v) is 7.64. The zero-order chi connectivity index (χ0) is 13.1. The van der Waals surface area contributed by atoms with E-state index in [0.29, 0.717) is 10.8 Å². The van der Waals surface area contributed by atoms with Gasteiger partial charge in [0.15, 0.2) is 0 Å². The zero-order valence-corrected chi connectivity index (χ0v) is 13.1. The third-order valence-electron chi connectivity index (χ3n) is 4.68. The summed E-state index contributed by atoms with van der Waals surface area (Å²) in [6.07, 6.45) is 2.62. The Labute approximate surface area is 104 Å². The minimum Gasteiger partial charge on any atom is -0.0649 e. The molecule has 3 atom stereocenters. The lowest BCUT2D eigenvalue weighted by atomic mass is 9.62.